The number of nitrogens with zero attached hydrogens (tertiary/aromatic N) is 1. The highest BCUT2D eigenvalue weighted by atomic mass is 16.3. The Morgan fingerprint density at radius 1 is 1.61 bits per heavy atom. The molecular formula is C12H16N4O2. The van der Waals surface area contributed by atoms with Gasteiger partial charge in [0, 0.05) is 0 Å². The van der Waals surface area contributed by atoms with Crippen molar-refractivity contribution in [3.63, 3.8) is 0 Å². The van der Waals surface area contributed by atoms with Crippen LogP contribution in [0.25, 0.3) is 0 Å². The maximum atomic E-state index is 11.9. The van der Waals surface area contributed by atoms with Crippen molar-refractivity contribution < 1.29 is 9.21 Å². The molecule has 0 bridgehead atoms. The lowest BCUT2D eigenvalue weighted by molar-refractivity contribution is 0.0944. The molecule has 0 unspecified atom stereocenters. The van der Waals surface area contributed by atoms with E-state index in [2.05, 4.69) is 15.5 Å². The quantitative estimate of drug-likeness (QED) is 0.746. The fourth-order valence-corrected chi connectivity index (χ4v) is 1.66. The Bertz CT molecular complexity index is 516. The Kier molecular flexibility index (Phi) is 3.66. The van der Waals surface area contributed by atoms with Gasteiger partial charge in [0.2, 0.25) is 0 Å². The normalized spacial score (nSPS) is 10.5. The highest BCUT2D eigenvalue weighted by Crippen LogP contribution is 2.15. The standard InChI is InChI=1S/C12H16N4O2/c1-2-4-9-10(13)11(16-15-9)12(17)14-7-8-5-3-6-18-8/h3,5-6H,2,4,7,13H2,1H3,(H,14,17)(H,15,16). The van der Waals surface area contributed by atoms with E-state index in [1.54, 1.807) is 18.4 Å². The second-order valence-electron chi connectivity index (χ2n) is 3.98. The highest BCUT2D eigenvalue weighted by Gasteiger charge is 2.16. The largest absolute Gasteiger partial charge is 0.467 e. The minimum absolute atomic E-state index is 0.241. The first-order valence-electron chi connectivity index (χ1n) is 5.85. The molecule has 0 aromatic carbocycles. The molecule has 6 nitrogen and oxygen atoms in total. The van der Waals surface area contributed by atoms with E-state index in [1.807, 2.05) is 6.92 Å². The zero-order valence-electron chi connectivity index (χ0n) is 10.2. The maximum Gasteiger partial charge on any atom is 0.274 e. The van der Waals surface area contributed by atoms with Gasteiger partial charge >= 0.3 is 0 Å². The molecule has 2 aromatic heterocycles. The minimum Gasteiger partial charge on any atom is -0.467 e. The molecule has 0 aliphatic carbocycles. The molecule has 0 radical (unpaired) electrons. The number of carbonyl (C=O) groups is 1. The Balaban J connectivity index is 2.00. The lowest BCUT2D eigenvalue weighted by Crippen LogP contribution is -2.23. The third kappa shape index (κ3) is 2.53. The van der Waals surface area contributed by atoms with Crippen LogP contribution in [0.2, 0.25) is 0 Å². The predicted molar refractivity (Wildman–Crippen MR) is 66.9 cm³/mol. The number of hydrogen-bond donors (Lipinski definition) is 3. The number of aryl methyl sites for hydroxylation is 1. The number of anilines is 1. The zero-order chi connectivity index (χ0) is 13.0. The maximum absolute atomic E-state index is 11.9. The summed E-state index contributed by atoms with van der Waals surface area (Å²) in [5, 5.41) is 9.43. The molecule has 0 fully saturated rings. The van der Waals surface area contributed by atoms with Crippen LogP contribution in [0.15, 0.2) is 22.8 Å². The molecule has 18 heavy (non-hydrogen) atoms. The molecule has 96 valence electrons. The second-order valence-corrected chi connectivity index (χ2v) is 3.98. The van der Waals surface area contributed by atoms with E-state index in [-0.39, 0.29) is 11.6 Å². The molecule has 1 amide bonds. The van der Waals surface area contributed by atoms with Crippen LogP contribution in [-0.2, 0) is 13.0 Å². The molecule has 2 aromatic rings. The van der Waals surface area contributed by atoms with E-state index in [0.29, 0.717) is 18.0 Å². The van der Waals surface area contributed by atoms with Crippen molar-refractivity contribution in [2.24, 2.45) is 0 Å². The Hall–Kier alpha value is -2.24. The summed E-state index contributed by atoms with van der Waals surface area (Å²) in [7, 11) is 0. The number of nitrogen functional groups attached to an aromatic ring is 1. The summed E-state index contributed by atoms with van der Waals surface area (Å²) in [5.41, 5.74) is 7.33. The molecule has 6 heteroatoms. The first-order valence-corrected chi connectivity index (χ1v) is 5.85. The van der Waals surface area contributed by atoms with Gasteiger partial charge in [0.15, 0.2) is 5.69 Å². The van der Waals surface area contributed by atoms with Gasteiger partial charge in [-0.25, -0.2) is 0 Å². The molecule has 2 rings (SSSR count). The minimum atomic E-state index is -0.303. The highest BCUT2D eigenvalue weighted by molar-refractivity contribution is 5.97. The third-order valence-corrected chi connectivity index (χ3v) is 2.60. The van der Waals surface area contributed by atoms with E-state index in [0.717, 1.165) is 18.5 Å². The first kappa shape index (κ1) is 12.2. The lowest BCUT2D eigenvalue weighted by Gasteiger charge is -2.01. The molecule has 0 saturated carbocycles. The summed E-state index contributed by atoms with van der Waals surface area (Å²) in [6.45, 7) is 2.36. The molecule has 2 heterocycles. The smallest absolute Gasteiger partial charge is 0.274 e. The van der Waals surface area contributed by atoms with E-state index >= 15 is 0 Å². The van der Waals surface area contributed by atoms with Gasteiger partial charge in [-0.05, 0) is 18.6 Å². The molecule has 0 aliphatic rings. The topological polar surface area (TPSA) is 96.9 Å². The van der Waals surface area contributed by atoms with E-state index in [1.165, 1.54) is 0 Å². The van der Waals surface area contributed by atoms with Crippen molar-refractivity contribution in [2.45, 2.75) is 26.3 Å². The molecule has 4 N–H and O–H groups in total. The predicted octanol–water partition coefficient (Wildman–Crippen LogP) is 1.47. The Morgan fingerprint density at radius 2 is 2.44 bits per heavy atom. The number of nitrogens with one attached hydrogen (secondary N) is 2. The summed E-state index contributed by atoms with van der Waals surface area (Å²) in [5.74, 6) is 0.383. The molecule has 0 aliphatic heterocycles. The number of aromatic nitrogens is 2. The summed E-state index contributed by atoms with van der Waals surface area (Å²) in [6.07, 6.45) is 3.29. The van der Waals surface area contributed by atoms with E-state index in [9.17, 15) is 4.79 Å². The number of amides is 1. The van der Waals surface area contributed by atoms with E-state index < -0.39 is 0 Å². The summed E-state index contributed by atoms with van der Waals surface area (Å²) in [4.78, 5) is 11.9. The van der Waals surface area contributed by atoms with Crippen molar-refractivity contribution in [2.75, 3.05) is 5.73 Å². The number of nitrogens with two attached hydrogens (primary N) is 1. The van der Waals surface area contributed by atoms with Crippen LogP contribution >= 0.6 is 0 Å². The summed E-state index contributed by atoms with van der Waals surface area (Å²) >= 11 is 0. The van der Waals surface area contributed by atoms with Gasteiger partial charge in [0.05, 0.1) is 24.2 Å². The van der Waals surface area contributed by atoms with Gasteiger partial charge in [0.1, 0.15) is 5.76 Å². The second kappa shape index (κ2) is 5.39. The van der Waals surface area contributed by atoms with Gasteiger partial charge in [-0.15, -0.1) is 0 Å². The van der Waals surface area contributed by atoms with Crippen LogP contribution in [0.4, 0.5) is 5.69 Å². The van der Waals surface area contributed by atoms with Crippen LogP contribution < -0.4 is 11.1 Å². The van der Waals surface area contributed by atoms with Gasteiger partial charge < -0.3 is 15.5 Å². The summed E-state index contributed by atoms with van der Waals surface area (Å²) < 4.78 is 5.12. The average molecular weight is 248 g/mol. The van der Waals surface area contributed by atoms with Crippen molar-refractivity contribution in [3.05, 3.63) is 35.5 Å². The van der Waals surface area contributed by atoms with Gasteiger partial charge in [-0.1, -0.05) is 13.3 Å². The van der Waals surface area contributed by atoms with Crippen LogP contribution in [-0.4, -0.2) is 16.1 Å². The average Bonchev–Trinajstić information content (AvgIpc) is 2.98. The molecule has 0 saturated heterocycles. The van der Waals surface area contributed by atoms with Crippen LogP contribution in [0.1, 0.15) is 35.3 Å². The van der Waals surface area contributed by atoms with Crippen LogP contribution in [0, 0.1) is 0 Å². The SMILES string of the molecule is CCCc1[nH]nc(C(=O)NCc2ccco2)c1N. The zero-order valence-corrected chi connectivity index (χ0v) is 10.2. The third-order valence-electron chi connectivity index (χ3n) is 2.60. The number of aromatic amines is 1. The summed E-state index contributed by atoms with van der Waals surface area (Å²) in [6, 6.07) is 3.56. The number of carbonyl (C=O) groups excluding carboxylic acids is 1. The number of rotatable bonds is 5. The monoisotopic (exact) mass is 248 g/mol. The fourth-order valence-electron chi connectivity index (χ4n) is 1.66. The number of H-pyrrole nitrogens is 1. The van der Waals surface area contributed by atoms with Crippen molar-refractivity contribution in [1.29, 1.82) is 0 Å². The molecular weight excluding hydrogens is 232 g/mol. The molecule has 0 atom stereocenters. The number of furan rings is 1. The van der Waals surface area contributed by atoms with Crippen molar-refractivity contribution in [3.8, 4) is 0 Å². The van der Waals surface area contributed by atoms with Crippen LogP contribution in [0.5, 0.6) is 0 Å². The van der Waals surface area contributed by atoms with E-state index in [4.69, 9.17) is 10.2 Å². The molecule has 0 spiro atoms. The number of hydrogen-bond acceptors (Lipinski definition) is 4. The Morgan fingerprint density at radius 3 is 3.11 bits per heavy atom. The van der Waals surface area contributed by atoms with Gasteiger partial charge in [-0.3, -0.25) is 9.89 Å². The van der Waals surface area contributed by atoms with Gasteiger partial charge in [-0.2, -0.15) is 5.10 Å². The van der Waals surface area contributed by atoms with Crippen molar-refractivity contribution in [1.82, 2.24) is 15.5 Å². The fraction of sp³-hybridized carbons (Fsp3) is 0.333. The van der Waals surface area contributed by atoms with Crippen LogP contribution in [0.3, 0.4) is 0 Å². The van der Waals surface area contributed by atoms with Crippen molar-refractivity contribution >= 4 is 11.6 Å². The first-order chi connectivity index (χ1) is 8.72. The van der Waals surface area contributed by atoms with Gasteiger partial charge in [0.25, 0.3) is 5.91 Å². The lowest BCUT2D eigenvalue weighted by atomic mass is 10.2. The Labute approximate surface area is 105 Å².